The minimum absolute atomic E-state index is 0.161. The number of methoxy groups -OCH3 is 1. The minimum Gasteiger partial charge on any atom is -0.496 e. The number of halogens is 1. The van der Waals surface area contributed by atoms with E-state index in [4.69, 9.17) is 4.74 Å². The summed E-state index contributed by atoms with van der Waals surface area (Å²) in [6.07, 6.45) is 0. The Hall–Kier alpha value is -0.580. The second kappa shape index (κ2) is 7.12. The van der Waals surface area contributed by atoms with Crippen LogP contribution in [0.15, 0.2) is 22.7 Å². The van der Waals surface area contributed by atoms with Gasteiger partial charge in [-0.25, -0.2) is 0 Å². The Morgan fingerprint density at radius 3 is 2.56 bits per heavy atom. The number of hydrogen-bond donors (Lipinski definition) is 1. The van der Waals surface area contributed by atoms with E-state index < -0.39 is 0 Å². The molecule has 0 fully saturated rings. The van der Waals surface area contributed by atoms with Gasteiger partial charge in [-0.2, -0.15) is 0 Å². The van der Waals surface area contributed by atoms with E-state index >= 15 is 0 Å². The van der Waals surface area contributed by atoms with Gasteiger partial charge in [0, 0.05) is 22.6 Å². The molecule has 0 bridgehead atoms. The largest absolute Gasteiger partial charge is 0.496 e. The number of aliphatic hydroxyl groups is 1. The number of rotatable bonds is 6. The second-order valence-corrected chi connectivity index (χ2v) is 5.78. The van der Waals surface area contributed by atoms with Crippen molar-refractivity contribution in [2.75, 3.05) is 20.8 Å². The van der Waals surface area contributed by atoms with E-state index in [1.807, 2.05) is 19.2 Å². The highest BCUT2D eigenvalue weighted by molar-refractivity contribution is 9.10. The van der Waals surface area contributed by atoms with Crippen LogP contribution in [0, 0.1) is 5.92 Å². The summed E-state index contributed by atoms with van der Waals surface area (Å²) in [5, 5.41) is 9.44. The summed E-state index contributed by atoms with van der Waals surface area (Å²) in [5.74, 6) is 1.30. The van der Waals surface area contributed by atoms with Gasteiger partial charge in [-0.3, -0.25) is 4.90 Å². The van der Waals surface area contributed by atoms with Crippen molar-refractivity contribution in [3.05, 3.63) is 28.2 Å². The molecule has 0 amide bonds. The Kier molecular flexibility index (Phi) is 6.12. The number of nitrogens with zero attached hydrogens (tertiary/aromatic N) is 1. The Morgan fingerprint density at radius 1 is 1.39 bits per heavy atom. The van der Waals surface area contributed by atoms with Gasteiger partial charge in [-0.1, -0.05) is 29.8 Å². The summed E-state index contributed by atoms with van der Waals surface area (Å²) in [7, 11) is 3.71. The molecule has 4 heteroatoms. The highest BCUT2D eigenvalue weighted by Gasteiger charge is 2.19. The Bertz CT molecular complexity index is 382. The molecule has 1 aromatic rings. The lowest BCUT2D eigenvalue weighted by Gasteiger charge is -2.30. The van der Waals surface area contributed by atoms with Gasteiger partial charge in [-0.05, 0) is 31.2 Å². The molecule has 0 spiro atoms. The van der Waals surface area contributed by atoms with Crippen LogP contribution >= 0.6 is 15.9 Å². The van der Waals surface area contributed by atoms with Gasteiger partial charge in [0.05, 0.1) is 13.7 Å². The number of benzene rings is 1. The van der Waals surface area contributed by atoms with Crippen molar-refractivity contribution in [3.63, 3.8) is 0 Å². The molecule has 1 N–H and O–H groups in total. The summed E-state index contributed by atoms with van der Waals surface area (Å²) in [4.78, 5) is 2.16. The Morgan fingerprint density at radius 2 is 2.06 bits per heavy atom. The zero-order valence-electron chi connectivity index (χ0n) is 11.5. The maximum absolute atomic E-state index is 9.44. The van der Waals surface area contributed by atoms with E-state index in [9.17, 15) is 5.11 Å². The molecule has 1 rings (SSSR count). The number of hydrogen-bond acceptors (Lipinski definition) is 3. The summed E-state index contributed by atoms with van der Waals surface area (Å²) in [6.45, 7) is 5.17. The summed E-state index contributed by atoms with van der Waals surface area (Å²) in [5.41, 5.74) is 1.12. The molecule has 3 nitrogen and oxygen atoms in total. The number of aliphatic hydroxyl groups excluding tert-OH is 1. The molecule has 0 heterocycles. The van der Waals surface area contributed by atoms with Crippen molar-refractivity contribution in [3.8, 4) is 5.75 Å². The Labute approximate surface area is 118 Å². The first-order valence-electron chi connectivity index (χ1n) is 6.13. The fourth-order valence-corrected chi connectivity index (χ4v) is 2.52. The van der Waals surface area contributed by atoms with Crippen molar-refractivity contribution in [2.45, 2.75) is 26.4 Å². The van der Waals surface area contributed by atoms with Crippen LogP contribution < -0.4 is 4.74 Å². The fourth-order valence-electron chi connectivity index (χ4n) is 2.12. The molecular formula is C14H22BrNO2. The molecule has 1 aromatic carbocycles. The van der Waals surface area contributed by atoms with Crippen LogP contribution in [0.3, 0.4) is 0 Å². The van der Waals surface area contributed by atoms with Gasteiger partial charge in [0.15, 0.2) is 0 Å². The lowest BCUT2D eigenvalue weighted by Crippen LogP contribution is -2.38. The van der Waals surface area contributed by atoms with Gasteiger partial charge in [0.1, 0.15) is 5.75 Å². The van der Waals surface area contributed by atoms with Gasteiger partial charge < -0.3 is 9.84 Å². The van der Waals surface area contributed by atoms with Gasteiger partial charge in [-0.15, -0.1) is 0 Å². The molecule has 0 aliphatic heterocycles. The normalized spacial score (nSPS) is 13.1. The maximum Gasteiger partial charge on any atom is 0.123 e. The molecule has 0 aliphatic carbocycles. The van der Waals surface area contributed by atoms with Crippen LogP contribution in [-0.2, 0) is 6.54 Å². The van der Waals surface area contributed by atoms with E-state index in [2.05, 4.69) is 40.7 Å². The molecular weight excluding hydrogens is 294 g/mol. The highest BCUT2D eigenvalue weighted by Crippen LogP contribution is 2.25. The van der Waals surface area contributed by atoms with Crippen molar-refractivity contribution >= 4 is 15.9 Å². The van der Waals surface area contributed by atoms with E-state index in [-0.39, 0.29) is 12.6 Å². The van der Waals surface area contributed by atoms with Crippen LogP contribution in [0.25, 0.3) is 0 Å². The van der Waals surface area contributed by atoms with Gasteiger partial charge in [0.2, 0.25) is 0 Å². The van der Waals surface area contributed by atoms with Gasteiger partial charge >= 0.3 is 0 Å². The zero-order chi connectivity index (χ0) is 13.7. The zero-order valence-corrected chi connectivity index (χ0v) is 13.1. The SMILES string of the molecule is COc1ccc(Br)cc1CN(C)C(CO)C(C)C. The summed E-state index contributed by atoms with van der Waals surface area (Å²) >= 11 is 3.48. The van der Waals surface area contributed by atoms with Crippen LogP contribution in [0.5, 0.6) is 5.75 Å². The predicted molar refractivity (Wildman–Crippen MR) is 77.9 cm³/mol. The minimum atomic E-state index is 0.161. The molecule has 0 aliphatic rings. The van der Waals surface area contributed by atoms with Crippen LogP contribution in [0.4, 0.5) is 0 Å². The first-order valence-corrected chi connectivity index (χ1v) is 6.92. The molecule has 0 saturated carbocycles. The molecule has 1 atom stereocenters. The third kappa shape index (κ3) is 3.97. The van der Waals surface area contributed by atoms with E-state index in [1.54, 1.807) is 7.11 Å². The fraction of sp³-hybridized carbons (Fsp3) is 0.571. The first kappa shape index (κ1) is 15.5. The third-order valence-electron chi connectivity index (χ3n) is 3.18. The predicted octanol–water partition coefficient (Wildman–Crippen LogP) is 2.91. The smallest absolute Gasteiger partial charge is 0.123 e. The lowest BCUT2D eigenvalue weighted by atomic mass is 10.0. The second-order valence-electron chi connectivity index (χ2n) is 4.87. The van der Waals surface area contributed by atoms with Crippen LogP contribution in [0.1, 0.15) is 19.4 Å². The molecule has 0 saturated heterocycles. The van der Waals surface area contributed by atoms with E-state index in [0.29, 0.717) is 5.92 Å². The average Bonchev–Trinajstić information content (AvgIpc) is 2.29. The Balaban J connectivity index is 2.86. The standard InChI is InChI=1S/C14H22BrNO2/c1-10(2)13(9-17)16(3)8-11-7-12(15)5-6-14(11)18-4/h5-7,10,13,17H,8-9H2,1-4H3. The summed E-state index contributed by atoms with van der Waals surface area (Å²) < 4.78 is 6.40. The molecule has 0 aromatic heterocycles. The van der Waals surface area contributed by atoms with Crippen molar-refractivity contribution < 1.29 is 9.84 Å². The van der Waals surface area contributed by atoms with E-state index in [0.717, 1.165) is 22.3 Å². The lowest BCUT2D eigenvalue weighted by molar-refractivity contribution is 0.107. The summed E-state index contributed by atoms with van der Waals surface area (Å²) in [6, 6.07) is 6.14. The maximum atomic E-state index is 9.44. The molecule has 102 valence electrons. The third-order valence-corrected chi connectivity index (χ3v) is 3.68. The van der Waals surface area contributed by atoms with Crippen molar-refractivity contribution in [1.29, 1.82) is 0 Å². The monoisotopic (exact) mass is 315 g/mol. The van der Waals surface area contributed by atoms with Gasteiger partial charge in [0.25, 0.3) is 0 Å². The van der Waals surface area contributed by atoms with Crippen LogP contribution in [0.2, 0.25) is 0 Å². The van der Waals surface area contributed by atoms with Crippen molar-refractivity contribution in [1.82, 2.24) is 4.90 Å². The number of ether oxygens (including phenoxy) is 1. The van der Waals surface area contributed by atoms with Crippen LogP contribution in [-0.4, -0.2) is 36.8 Å². The molecule has 1 unspecified atom stereocenters. The quantitative estimate of drug-likeness (QED) is 0.876. The van der Waals surface area contributed by atoms with E-state index in [1.165, 1.54) is 0 Å². The highest BCUT2D eigenvalue weighted by atomic mass is 79.9. The topological polar surface area (TPSA) is 32.7 Å². The first-order chi connectivity index (χ1) is 8.49. The van der Waals surface area contributed by atoms with Crippen molar-refractivity contribution in [2.24, 2.45) is 5.92 Å². The number of likely N-dealkylation sites (N-methyl/N-ethyl adjacent to an activating group) is 1. The average molecular weight is 316 g/mol. The molecule has 18 heavy (non-hydrogen) atoms. The molecule has 0 radical (unpaired) electrons.